The fraction of sp³-hybridized carbons (Fsp3) is 0.400. The van der Waals surface area contributed by atoms with Gasteiger partial charge in [0.1, 0.15) is 11.5 Å². The Labute approximate surface area is 153 Å². The summed E-state index contributed by atoms with van der Waals surface area (Å²) in [5.41, 5.74) is 4.18. The van der Waals surface area contributed by atoms with Crippen molar-refractivity contribution < 1.29 is 4.74 Å². The second-order valence-electron chi connectivity index (χ2n) is 6.63. The number of hydrogen-bond donors (Lipinski definition) is 1. The number of benzene rings is 1. The van der Waals surface area contributed by atoms with Crippen molar-refractivity contribution in [1.82, 2.24) is 14.4 Å². The van der Waals surface area contributed by atoms with E-state index in [1.807, 2.05) is 10.6 Å². The van der Waals surface area contributed by atoms with Gasteiger partial charge in [0.25, 0.3) is 0 Å². The highest BCUT2D eigenvalue weighted by Crippen LogP contribution is 2.30. The number of anilines is 2. The molecule has 1 aliphatic rings. The molecule has 1 fully saturated rings. The van der Waals surface area contributed by atoms with E-state index in [1.54, 1.807) is 19.5 Å². The largest absolute Gasteiger partial charge is 0.383 e. The maximum absolute atomic E-state index is 5.17. The lowest BCUT2D eigenvalue weighted by molar-refractivity contribution is 0.210. The van der Waals surface area contributed by atoms with Crippen LogP contribution in [0.4, 0.5) is 11.5 Å². The van der Waals surface area contributed by atoms with Crippen LogP contribution >= 0.6 is 0 Å². The second-order valence-corrected chi connectivity index (χ2v) is 6.63. The zero-order valence-corrected chi connectivity index (χ0v) is 15.2. The van der Waals surface area contributed by atoms with Crippen LogP contribution in [0, 0.1) is 0 Å². The topological polar surface area (TPSA) is 54.7 Å². The Kier molecular flexibility index (Phi) is 5.02. The SMILES string of the molecule is COCCNc1c(-c2ccc(N3CCCCC3)cc2)nc2cnccn12. The molecule has 3 heterocycles. The Morgan fingerprint density at radius 3 is 2.69 bits per heavy atom. The van der Waals surface area contributed by atoms with Crippen molar-refractivity contribution >= 4 is 17.2 Å². The van der Waals surface area contributed by atoms with Crippen molar-refractivity contribution in [3.8, 4) is 11.3 Å². The van der Waals surface area contributed by atoms with E-state index in [1.165, 1.54) is 24.9 Å². The predicted octanol–water partition coefficient (Wildman–Crippen LogP) is 3.44. The minimum atomic E-state index is 0.644. The Hall–Kier alpha value is -2.60. The van der Waals surface area contributed by atoms with Crippen LogP contribution in [0.25, 0.3) is 16.9 Å². The summed E-state index contributed by atoms with van der Waals surface area (Å²) in [6.45, 7) is 3.68. The number of aromatic nitrogens is 3. The van der Waals surface area contributed by atoms with Crippen molar-refractivity contribution in [2.24, 2.45) is 0 Å². The molecule has 4 rings (SSSR count). The molecule has 1 aliphatic heterocycles. The minimum absolute atomic E-state index is 0.644. The molecule has 0 atom stereocenters. The van der Waals surface area contributed by atoms with Gasteiger partial charge in [-0.15, -0.1) is 0 Å². The van der Waals surface area contributed by atoms with Gasteiger partial charge in [-0.25, -0.2) is 4.98 Å². The third-order valence-corrected chi connectivity index (χ3v) is 4.89. The van der Waals surface area contributed by atoms with E-state index in [9.17, 15) is 0 Å². The first kappa shape index (κ1) is 16.8. The molecule has 0 radical (unpaired) electrons. The Balaban J connectivity index is 1.65. The molecule has 26 heavy (non-hydrogen) atoms. The minimum Gasteiger partial charge on any atom is -0.383 e. The van der Waals surface area contributed by atoms with E-state index in [2.05, 4.69) is 39.5 Å². The van der Waals surface area contributed by atoms with Gasteiger partial charge in [-0.1, -0.05) is 12.1 Å². The summed E-state index contributed by atoms with van der Waals surface area (Å²) in [4.78, 5) is 11.4. The van der Waals surface area contributed by atoms with Crippen LogP contribution in [0.2, 0.25) is 0 Å². The van der Waals surface area contributed by atoms with Crippen molar-refractivity contribution in [1.29, 1.82) is 0 Å². The van der Waals surface area contributed by atoms with Crippen LogP contribution < -0.4 is 10.2 Å². The maximum atomic E-state index is 5.17. The Morgan fingerprint density at radius 1 is 1.12 bits per heavy atom. The number of hydrogen-bond acceptors (Lipinski definition) is 5. The number of fused-ring (bicyclic) bond motifs is 1. The van der Waals surface area contributed by atoms with Gasteiger partial charge in [0.2, 0.25) is 0 Å². The highest BCUT2D eigenvalue weighted by molar-refractivity contribution is 5.77. The third-order valence-electron chi connectivity index (χ3n) is 4.89. The predicted molar refractivity (Wildman–Crippen MR) is 105 cm³/mol. The number of piperidine rings is 1. The van der Waals surface area contributed by atoms with Gasteiger partial charge in [-0.3, -0.25) is 9.38 Å². The first-order valence-electron chi connectivity index (χ1n) is 9.27. The molecular weight excluding hydrogens is 326 g/mol. The van der Waals surface area contributed by atoms with Gasteiger partial charge >= 0.3 is 0 Å². The van der Waals surface area contributed by atoms with Gasteiger partial charge in [0.15, 0.2) is 5.65 Å². The van der Waals surface area contributed by atoms with Crippen LogP contribution in [0.1, 0.15) is 19.3 Å². The van der Waals surface area contributed by atoms with Crippen LogP contribution in [-0.2, 0) is 4.74 Å². The standard InChI is InChI=1S/C20H25N5O/c1-26-14-10-22-20-19(23-18-15-21-9-13-25(18)20)16-5-7-17(8-6-16)24-11-3-2-4-12-24/h5-9,13,15,22H,2-4,10-12,14H2,1H3. The van der Waals surface area contributed by atoms with Crippen molar-refractivity contribution in [3.05, 3.63) is 42.9 Å². The van der Waals surface area contributed by atoms with Crippen LogP contribution in [0.15, 0.2) is 42.9 Å². The third kappa shape index (κ3) is 3.37. The summed E-state index contributed by atoms with van der Waals surface area (Å²) in [5.74, 6) is 0.977. The number of nitrogens with zero attached hydrogens (tertiary/aromatic N) is 4. The van der Waals surface area contributed by atoms with E-state index in [0.29, 0.717) is 6.61 Å². The zero-order valence-electron chi connectivity index (χ0n) is 15.2. The van der Waals surface area contributed by atoms with Gasteiger partial charge in [-0.05, 0) is 31.4 Å². The maximum Gasteiger partial charge on any atom is 0.157 e. The van der Waals surface area contributed by atoms with E-state index in [0.717, 1.165) is 42.4 Å². The van der Waals surface area contributed by atoms with Crippen molar-refractivity contribution in [3.63, 3.8) is 0 Å². The molecule has 2 aromatic heterocycles. The number of rotatable bonds is 6. The highest BCUT2D eigenvalue weighted by Gasteiger charge is 2.15. The summed E-state index contributed by atoms with van der Waals surface area (Å²) < 4.78 is 7.21. The summed E-state index contributed by atoms with van der Waals surface area (Å²) in [7, 11) is 1.71. The lowest BCUT2D eigenvalue weighted by Crippen LogP contribution is -2.29. The molecule has 1 N–H and O–H groups in total. The van der Waals surface area contributed by atoms with Crippen LogP contribution in [0.3, 0.4) is 0 Å². The van der Waals surface area contributed by atoms with Gasteiger partial charge in [0.05, 0.1) is 12.8 Å². The average Bonchev–Trinajstić information content (AvgIpc) is 3.08. The Morgan fingerprint density at radius 2 is 1.92 bits per heavy atom. The normalized spacial score (nSPS) is 14.7. The molecule has 0 spiro atoms. The molecule has 3 aromatic rings. The molecule has 0 amide bonds. The summed E-state index contributed by atoms with van der Waals surface area (Å²) in [5, 5.41) is 3.45. The smallest absolute Gasteiger partial charge is 0.157 e. The first-order chi connectivity index (χ1) is 12.9. The molecule has 0 aliphatic carbocycles. The van der Waals surface area contributed by atoms with Crippen molar-refractivity contribution in [2.45, 2.75) is 19.3 Å². The summed E-state index contributed by atoms with van der Waals surface area (Å²) in [6, 6.07) is 8.75. The molecule has 6 heteroatoms. The van der Waals surface area contributed by atoms with E-state index in [4.69, 9.17) is 9.72 Å². The monoisotopic (exact) mass is 351 g/mol. The number of nitrogens with one attached hydrogen (secondary N) is 1. The van der Waals surface area contributed by atoms with Crippen molar-refractivity contribution in [2.75, 3.05) is 43.6 Å². The number of ether oxygens (including phenoxy) is 1. The zero-order chi connectivity index (χ0) is 17.8. The molecule has 1 saturated heterocycles. The molecule has 0 saturated carbocycles. The van der Waals surface area contributed by atoms with Crippen LogP contribution in [0.5, 0.6) is 0 Å². The first-order valence-corrected chi connectivity index (χ1v) is 9.27. The fourth-order valence-electron chi connectivity index (χ4n) is 3.53. The van der Waals surface area contributed by atoms with E-state index < -0.39 is 0 Å². The van der Waals surface area contributed by atoms with E-state index in [-0.39, 0.29) is 0 Å². The van der Waals surface area contributed by atoms with Gasteiger partial charge in [0, 0.05) is 50.4 Å². The molecule has 0 unspecified atom stereocenters. The fourth-order valence-corrected chi connectivity index (χ4v) is 3.53. The van der Waals surface area contributed by atoms with Crippen LogP contribution in [-0.4, -0.2) is 47.7 Å². The summed E-state index contributed by atoms with van der Waals surface area (Å²) >= 11 is 0. The molecule has 0 bridgehead atoms. The molecule has 1 aromatic carbocycles. The highest BCUT2D eigenvalue weighted by atomic mass is 16.5. The quantitative estimate of drug-likeness (QED) is 0.690. The van der Waals surface area contributed by atoms with Gasteiger partial charge in [-0.2, -0.15) is 0 Å². The number of imidazole rings is 1. The molecular formula is C20H25N5O. The van der Waals surface area contributed by atoms with E-state index >= 15 is 0 Å². The average molecular weight is 351 g/mol. The lowest BCUT2D eigenvalue weighted by atomic mass is 10.1. The Bertz CT molecular complexity index is 852. The second kappa shape index (κ2) is 7.74. The number of methoxy groups -OCH3 is 1. The lowest BCUT2D eigenvalue weighted by Gasteiger charge is -2.28. The molecule has 136 valence electrons. The summed E-state index contributed by atoms with van der Waals surface area (Å²) in [6.07, 6.45) is 9.42. The molecule has 6 nitrogen and oxygen atoms in total. The van der Waals surface area contributed by atoms with Gasteiger partial charge < -0.3 is 15.0 Å².